The Bertz CT molecular complexity index is 1060. The number of carboxylic acid groups (broad SMARTS) is 1. The van der Waals surface area contributed by atoms with E-state index in [9.17, 15) is 13.2 Å². The maximum Gasteiger partial charge on any atom is 0.341 e. The Morgan fingerprint density at radius 1 is 1.14 bits per heavy atom. The molecular weight excluding hydrogens is 404 g/mol. The van der Waals surface area contributed by atoms with Gasteiger partial charge in [-0.1, -0.05) is 23.7 Å². The van der Waals surface area contributed by atoms with E-state index in [4.69, 9.17) is 26.2 Å². The van der Waals surface area contributed by atoms with Gasteiger partial charge in [0, 0.05) is 23.3 Å². The number of aliphatic carboxylic acids is 1. The molecule has 6 nitrogen and oxygen atoms in total. The monoisotopic (exact) mass is 424 g/mol. The number of hydrogen-bond acceptors (Lipinski definition) is 5. The zero-order valence-electron chi connectivity index (χ0n) is 15.9. The molecule has 0 fully saturated rings. The number of rotatable bonds is 5. The quantitative estimate of drug-likeness (QED) is 0.782. The second-order valence-electron chi connectivity index (χ2n) is 7.28. The predicted molar refractivity (Wildman–Crippen MR) is 106 cm³/mol. The summed E-state index contributed by atoms with van der Waals surface area (Å²) >= 11 is 6.11. The second kappa shape index (κ2) is 6.76. The summed E-state index contributed by atoms with van der Waals surface area (Å²) in [6.45, 7) is 4.53. The van der Waals surface area contributed by atoms with Crippen LogP contribution in [0.3, 0.4) is 0 Å². The first-order chi connectivity index (χ1) is 13.0. The van der Waals surface area contributed by atoms with Gasteiger partial charge in [-0.25, -0.2) is 13.2 Å². The normalized spacial score (nSPS) is 21.9. The lowest BCUT2D eigenvalue weighted by atomic mass is 9.84. The summed E-state index contributed by atoms with van der Waals surface area (Å²) < 4.78 is 36.3. The minimum absolute atomic E-state index is 0.184. The number of carboxylic acids is 1. The maximum atomic E-state index is 13.2. The molecule has 1 aliphatic rings. The van der Waals surface area contributed by atoms with Crippen molar-refractivity contribution in [3.8, 4) is 16.9 Å². The average molecular weight is 425 g/mol. The first-order valence-electron chi connectivity index (χ1n) is 8.54. The summed E-state index contributed by atoms with van der Waals surface area (Å²) in [5, 5.41) is 9.30. The molecular formula is C20H21ClO6S. The van der Waals surface area contributed by atoms with Gasteiger partial charge >= 0.3 is 5.97 Å². The standard InChI is InChI=1S/C20H21ClO6S/c1-19(2)20(3,26-4)15-7-5-12(9-17(15)28(19,24)25)14-10-13(21)6-8-16(14)27-11-18(22)23/h5-10H,11H2,1-4H3,(H,22,23). The number of hydrogen-bond donors (Lipinski definition) is 1. The van der Waals surface area contributed by atoms with Crippen molar-refractivity contribution in [3.05, 3.63) is 47.0 Å². The van der Waals surface area contributed by atoms with Gasteiger partial charge in [0.25, 0.3) is 0 Å². The van der Waals surface area contributed by atoms with E-state index in [0.717, 1.165) is 0 Å². The van der Waals surface area contributed by atoms with Crippen molar-refractivity contribution in [2.75, 3.05) is 13.7 Å². The molecule has 1 atom stereocenters. The Morgan fingerprint density at radius 2 is 1.82 bits per heavy atom. The van der Waals surface area contributed by atoms with Gasteiger partial charge in [0.2, 0.25) is 0 Å². The molecule has 8 heteroatoms. The van der Waals surface area contributed by atoms with Gasteiger partial charge in [0.1, 0.15) is 16.1 Å². The van der Waals surface area contributed by atoms with E-state index in [1.54, 1.807) is 57.2 Å². The van der Waals surface area contributed by atoms with E-state index >= 15 is 0 Å². The summed E-state index contributed by atoms with van der Waals surface area (Å²) in [5.74, 6) is -0.814. The van der Waals surface area contributed by atoms with Crippen LogP contribution in [-0.2, 0) is 25.0 Å². The van der Waals surface area contributed by atoms with Gasteiger partial charge < -0.3 is 14.6 Å². The first kappa shape index (κ1) is 20.6. The Kier molecular flexibility index (Phi) is 4.98. The third-order valence-corrected chi connectivity index (χ3v) is 8.50. The number of carbonyl (C=O) groups is 1. The Labute approximate surface area is 169 Å². The fourth-order valence-electron chi connectivity index (χ4n) is 3.51. The fourth-order valence-corrected chi connectivity index (χ4v) is 5.77. The van der Waals surface area contributed by atoms with Crippen LogP contribution in [-0.4, -0.2) is 38.0 Å². The summed E-state index contributed by atoms with van der Waals surface area (Å²) in [5.41, 5.74) is 0.646. The van der Waals surface area contributed by atoms with Crippen LogP contribution in [0, 0.1) is 0 Å². The first-order valence-corrected chi connectivity index (χ1v) is 10.4. The molecule has 1 aliphatic heterocycles. The molecule has 2 aromatic carbocycles. The number of fused-ring (bicyclic) bond motifs is 1. The average Bonchev–Trinajstić information content (AvgIpc) is 2.76. The molecule has 1 heterocycles. The van der Waals surface area contributed by atoms with E-state index in [0.29, 0.717) is 27.5 Å². The highest BCUT2D eigenvalue weighted by molar-refractivity contribution is 7.93. The van der Waals surface area contributed by atoms with E-state index in [1.807, 2.05) is 0 Å². The van der Waals surface area contributed by atoms with Gasteiger partial charge in [0.15, 0.2) is 16.4 Å². The molecule has 0 radical (unpaired) electrons. The summed E-state index contributed by atoms with van der Waals surface area (Å²) in [6, 6.07) is 9.80. The minimum atomic E-state index is -3.68. The molecule has 0 amide bonds. The Hall–Kier alpha value is -2.09. The number of benzene rings is 2. The van der Waals surface area contributed by atoms with Crippen molar-refractivity contribution in [1.82, 2.24) is 0 Å². The predicted octanol–water partition coefficient (Wildman–Crippen LogP) is 3.90. The van der Waals surface area contributed by atoms with Crippen molar-refractivity contribution in [2.24, 2.45) is 0 Å². The molecule has 1 unspecified atom stereocenters. The third-order valence-electron chi connectivity index (χ3n) is 5.62. The zero-order chi connectivity index (χ0) is 20.9. The van der Waals surface area contributed by atoms with Crippen LogP contribution in [0.4, 0.5) is 0 Å². The highest BCUT2D eigenvalue weighted by Crippen LogP contribution is 2.53. The van der Waals surface area contributed by atoms with E-state index in [2.05, 4.69) is 0 Å². The Morgan fingerprint density at radius 3 is 2.43 bits per heavy atom. The van der Waals surface area contributed by atoms with Crippen LogP contribution >= 0.6 is 11.6 Å². The zero-order valence-corrected chi connectivity index (χ0v) is 17.5. The minimum Gasteiger partial charge on any atom is -0.481 e. The number of ether oxygens (including phenoxy) is 2. The third kappa shape index (κ3) is 2.89. The van der Waals surface area contributed by atoms with Crippen LogP contribution in [0.15, 0.2) is 41.3 Å². The van der Waals surface area contributed by atoms with Gasteiger partial charge in [-0.3, -0.25) is 0 Å². The van der Waals surface area contributed by atoms with Crippen molar-refractivity contribution in [3.63, 3.8) is 0 Å². The van der Waals surface area contributed by atoms with Gasteiger partial charge in [-0.15, -0.1) is 0 Å². The largest absolute Gasteiger partial charge is 0.481 e. The molecule has 0 spiro atoms. The summed E-state index contributed by atoms with van der Waals surface area (Å²) in [6.07, 6.45) is 0. The van der Waals surface area contributed by atoms with Crippen LogP contribution in [0.5, 0.6) is 5.75 Å². The highest BCUT2D eigenvalue weighted by atomic mass is 35.5. The van der Waals surface area contributed by atoms with Crippen LogP contribution in [0.25, 0.3) is 11.1 Å². The van der Waals surface area contributed by atoms with Crippen molar-refractivity contribution in [1.29, 1.82) is 0 Å². The summed E-state index contributed by atoms with van der Waals surface area (Å²) in [4.78, 5) is 11.0. The van der Waals surface area contributed by atoms with Crippen LogP contribution in [0.1, 0.15) is 26.3 Å². The Balaban J connectivity index is 2.20. The topological polar surface area (TPSA) is 89.9 Å². The van der Waals surface area contributed by atoms with Crippen LogP contribution < -0.4 is 4.74 Å². The SMILES string of the molecule is COC1(C)c2ccc(-c3cc(Cl)ccc3OCC(=O)O)cc2S(=O)(=O)C1(C)C. The molecule has 0 aliphatic carbocycles. The molecule has 2 aromatic rings. The molecule has 0 aromatic heterocycles. The molecule has 3 rings (SSSR count). The second-order valence-corrected chi connectivity index (χ2v) is 10.2. The van der Waals surface area contributed by atoms with Gasteiger partial charge in [0.05, 0.1) is 4.90 Å². The van der Waals surface area contributed by atoms with E-state index < -0.39 is 32.8 Å². The van der Waals surface area contributed by atoms with Gasteiger partial charge in [-0.2, -0.15) is 0 Å². The lowest BCUT2D eigenvalue weighted by molar-refractivity contribution is -0.139. The lowest BCUT2D eigenvalue weighted by Gasteiger charge is -2.35. The number of methoxy groups -OCH3 is 1. The lowest BCUT2D eigenvalue weighted by Crippen LogP contribution is -2.46. The molecule has 150 valence electrons. The van der Waals surface area contributed by atoms with Crippen molar-refractivity contribution in [2.45, 2.75) is 36.0 Å². The highest BCUT2D eigenvalue weighted by Gasteiger charge is 2.60. The molecule has 28 heavy (non-hydrogen) atoms. The summed E-state index contributed by atoms with van der Waals surface area (Å²) in [7, 11) is -2.18. The van der Waals surface area contributed by atoms with Gasteiger partial charge in [-0.05, 0) is 50.6 Å². The molecule has 1 N–H and O–H groups in total. The van der Waals surface area contributed by atoms with Crippen molar-refractivity contribution >= 4 is 27.4 Å². The maximum absolute atomic E-state index is 13.2. The fraction of sp³-hybridized carbons (Fsp3) is 0.350. The van der Waals surface area contributed by atoms with E-state index in [1.165, 1.54) is 7.11 Å². The molecule has 0 saturated carbocycles. The van der Waals surface area contributed by atoms with Crippen molar-refractivity contribution < 1.29 is 27.8 Å². The van der Waals surface area contributed by atoms with E-state index in [-0.39, 0.29) is 4.90 Å². The smallest absolute Gasteiger partial charge is 0.341 e. The molecule has 0 bridgehead atoms. The molecule has 0 saturated heterocycles. The number of halogens is 1. The number of sulfone groups is 1. The van der Waals surface area contributed by atoms with Crippen LogP contribution in [0.2, 0.25) is 5.02 Å².